The van der Waals surface area contributed by atoms with Gasteiger partial charge in [0.2, 0.25) is 5.91 Å². The third-order valence-corrected chi connectivity index (χ3v) is 3.34. The van der Waals surface area contributed by atoms with Crippen LogP contribution in [0.25, 0.3) is 0 Å². The molecular formula is C11H19N2NaO3Zn. The number of rotatable bonds is 4. The molecule has 2 amide bonds. The molecule has 1 heterocycles. The molecule has 2 atom stereocenters. The van der Waals surface area contributed by atoms with Gasteiger partial charge in [0, 0.05) is 19.5 Å². The van der Waals surface area contributed by atoms with Gasteiger partial charge in [-0.1, -0.05) is 27.2 Å². The molecule has 1 aliphatic heterocycles. The van der Waals surface area contributed by atoms with Crippen LogP contribution in [0, 0.1) is 11.3 Å². The van der Waals surface area contributed by atoms with Crippen LogP contribution in [0.1, 0.15) is 40.0 Å². The second-order valence-corrected chi connectivity index (χ2v) is 4.21. The van der Waals surface area contributed by atoms with Gasteiger partial charge in [0.15, 0.2) is 0 Å². The number of aliphatic imine (C=N–C) groups is 1. The number of amidine groups is 1. The van der Waals surface area contributed by atoms with Crippen LogP contribution >= 0.6 is 0 Å². The van der Waals surface area contributed by atoms with Gasteiger partial charge in [-0.2, -0.15) is 4.99 Å². The number of carbonyl (C=O) groups excluding carboxylic acids is 2. The number of aliphatic hydroxyl groups excluding tert-OH is 1. The molecule has 0 aromatic heterocycles. The first-order chi connectivity index (χ1) is 7.48. The van der Waals surface area contributed by atoms with Crippen LogP contribution in [0.3, 0.4) is 0 Å². The number of nitrogens with one attached hydrogen (secondary N) is 1. The van der Waals surface area contributed by atoms with Crippen LogP contribution in [0.15, 0.2) is 4.99 Å². The summed E-state index contributed by atoms with van der Waals surface area (Å²) in [5.41, 5.74) is -1.11. The van der Waals surface area contributed by atoms with Crippen molar-refractivity contribution in [2.75, 3.05) is 0 Å². The molecule has 18 heavy (non-hydrogen) atoms. The SMILES string of the molecule is CCCC(C)C1(CC)C(=O)N=C(O)NC1=O.[NaH].[Zn]. The van der Waals surface area contributed by atoms with Crippen molar-refractivity contribution in [3.8, 4) is 0 Å². The standard InChI is InChI=1S/C11H18N2O3.Na.Zn.H/c1-4-6-7(3)11(5-2)8(14)12-10(16)13-9(11)15;;;/h7H,4-6H2,1-3H3,(H2,12,13,14,15,16);;;. The quantitative estimate of drug-likeness (QED) is 0.593. The molecular weight excluding hydrogens is 297 g/mol. The summed E-state index contributed by atoms with van der Waals surface area (Å²) in [4.78, 5) is 27.2. The molecule has 0 fully saturated rings. The third kappa shape index (κ3) is 3.63. The van der Waals surface area contributed by atoms with Crippen LogP contribution in [0.5, 0.6) is 0 Å². The minimum atomic E-state index is -1.11. The number of carbonyl (C=O) groups is 2. The third-order valence-electron chi connectivity index (χ3n) is 3.34. The van der Waals surface area contributed by atoms with E-state index < -0.39 is 23.3 Å². The molecule has 0 aromatic rings. The van der Waals surface area contributed by atoms with E-state index in [2.05, 4.69) is 10.3 Å². The Labute approximate surface area is 142 Å². The molecule has 2 unspecified atom stereocenters. The van der Waals surface area contributed by atoms with Gasteiger partial charge >= 0.3 is 29.6 Å². The van der Waals surface area contributed by atoms with E-state index in [-0.39, 0.29) is 55.0 Å². The normalized spacial score (nSPS) is 24.3. The number of amides is 2. The topological polar surface area (TPSA) is 78.8 Å². The Hall–Kier alpha value is 0.233. The Morgan fingerprint density at radius 1 is 1.39 bits per heavy atom. The zero-order chi connectivity index (χ0) is 12.3. The molecule has 7 heteroatoms. The van der Waals surface area contributed by atoms with Gasteiger partial charge in [0.25, 0.3) is 11.9 Å². The van der Waals surface area contributed by atoms with Crippen molar-refractivity contribution < 1.29 is 34.2 Å². The second kappa shape index (κ2) is 8.41. The zero-order valence-electron chi connectivity index (χ0n) is 10.6. The molecule has 0 bridgehead atoms. The van der Waals surface area contributed by atoms with Gasteiger partial charge in [0.1, 0.15) is 5.41 Å². The fourth-order valence-corrected chi connectivity index (χ4v) is 2.31. The molecule has 5 nitrogen and oxygen atoms in total. The molecule has 0 aromatic carbocycles. The van der Waals surface area contributed by atoms with E-state index in [1.54, 1.807) is 6.92 Å². The Morgan fingerprint density at radius 2 is 1.94 bits per heavy atom. The van der Waals surface area contributed by atoms with Crippen molar-refractivity contribution in [2.45, 2.75) is 40.0 Å². The number of nitrogens with zero attached hydrogens (tertiary/aromatic N) is 1. The van der Waals surface area contributed by atoms with Gasteiger partial charge < -0.3 is 5.11 Å². The van der Waals surface area contributed by atoms with Crippen molar-refractivity contribution in [2.24, 2.45) is 16.3 Å². The molecule has 0 radical (unpaired) electrons. The summed E-state index contributed by atoms with van der Waals surface area (Å²) in [6.07, 6.45) is 2.08. The van der Waals surface area contributed by atoms with Gasteiger partial charge in [-0.15, -0.1) is 0 Å². The fraction of sp³-hybridized carbons (Fsp3) is 0.727. The van der Waals surface area contributed by atoms with Crippen molar-refractivity contribution in [3.05, 3.63) is 0 Å². The monoisotopic (exact) mass is 314 g/mol. The minimum absolute atomic E-state index is 0. The summed E-state index contributed by atoms with van der Waals surface area (Å²) in [5.74, 6) is -1.04. The van der Waals surface area contributed by atoms with E-state index in [1.165, 1.54) is 0 Å². The van der Waals surface area contributed by atoms with E-state index in [1.807, 2.05) is 13.8 Å². The first kappa shape index (κ1) is 20.5. The smallest absolute Gasteiger partial charge is 0 e. The Morgan fingerprint density at radius 3 is 2.33 bits per heavy atom. The predicted molar refractivity (Wildman–Crippen MR) is 67.2 cm³/mol. The van der Waals surface area contributed by atoms with E-state index in [4.69, 9.17) is 5.11 Å². The maximum atomic E-state index is 11.9. The number of hydrogen-bond donors (Lipinski definition) is 2. The zero-order valence-corrected chi connectivity index (χ0v) is 13.6. The number of hydrogen-bond acceptors (Lipinski definition) is 2. The molecule has 0 spiro atoms. The van der Waals surface area contributed by atoms with Gasteiger partial charge in [-0.05, 0) is 18.8 Å². The van der Waals surface area contributed by atoms with Crippen LogP contribution in [-0.4, -0.2) is 52.5 Å². The van der Waals surface area contributed by atoms with E-state index in [0.29, 0.717) is 6.42 Å². The van der Waals surface area contributed by atoms with Crippen LogP contribution in [0.2, 0.25) is 0 Å². The molecule has 0 saturated carbocycles. The van der Waals surface area contributed by atoms with Crippen LogP contribution in [-0.2, 0) is 29.1 Å². The van der Waals surface area contributed by atoms with Crippen LogP contribution < -0.4 is 5.32 Å². The summed E-state index contributed by atoms with van der Waals surface area (Å²) in [7, 11) is 0. The van der Waals surface area contributed by atoms with Crippen molar-refractivity contribution >= 4 is 47.4 Å². The van der Waals surface area contributed by atoms with Gasteiger partial charge in [-0.25, -0.2) is 0 Å². The summed E-state index contributed by atoms with van der Waals surface area (Å²) >= 11 is 0. The van der Waals surface area contributed by atoms with Crippen molar-refractivity contribution in [1.29, 1.82) is 0 Å². The average Bonchev–Trinajstić information content (AvgIpc) is 2.18. The first-order valence-corrected chi connectivity index (χ1v) is 5.62. The largest absolute Gasteiger partial charge is 0 e. The van der Waals surface area contributed by atoms with Crippen molar-refractivity contribution in [1.82, 2.24) is 5.32 Å². The fourth-order valence-electron chi connectivity index (χ4n) is 2.31. The molecule has 94 valence electrons. The summed E-state index contributed by atoms with van der Waals surface area (Å²) < 4.78 is 0. The maximum absolute atomic E-state index is 11.9. The summed E-state index contributed by atoms with van der Waals surface area (Å²) in [6, 6.07) is -0.595. The van der Waals surface area contributed by atoms with Crippen molar-refractivity contribution in [3.63, 3.8) is 0 Å². The molecule has 2 N–H and O–H groups in total. The van der Waals surface area contributed by atoms with Crippen LogP contribution in [0.4, 0.5) is 0 Å². The average molecular weight is 316 g/mol. The van der Waals surface area contributed by atoms with E-state index in [0.717, 1.165) is 12.8 Å². The molecule has 1 aliphatic rings. The Balaban J connectivity index is 0. The van der Waals surface area contributed by atoms with Gasteiger partial charge in [0.05, 0.1) is 0 Å². The maximum Gasteiger partial charge on any atom is 0 e. The van der Waals surface area contributed by atoms with Gasteiger partial charge in [-0.3, -0.25) is 14.9 Å². The first-order valence-electron chi connectivity index (χ1n) is 5.62. The molecule has 0 saturated heterocycles. The Bertz CT molecular complexity index is 349. The summed E-state index contributed by atoms with van der Waals surface area (Å²) in [6.45, 7) is 5.68. The van der Waals surface area contributed by atoms with E-state index >= 15 is 0 Å². The minimum Gasteiger partial charge on any atom is 0 e. The van der Waals surface area contributed by atoms with E-state index in [9.17, 15) is 9.59 Å². The molecule has 1 rings (SSSR count). The molecule has 0 aliphatic carbocycles. The Kier molecular flexibility index (Phi) is 9.60. The predicted octanol–water partition coefficient (Wildman–Crippen LogP) is 0.738. The second-order valence-electron chi connectivity index (χ2n) is 4.21. The summed E-state index contributed by atoms with van der Waals surface area (Å²) in [5, 5.41) is 11.3. The number of aliphatic hydroxyl groups is 1.